The number of amides is 1. The lowest BCUT2D eigenvalue weighted by molar-refractivity contribution is 0.177. The highest BCUT2D eigenvalue weighted by atomic mass is 16.6. The van der Waals surface area contributed by atoms with Crippen LogP contribution in [0.2, 0.25) is 0 Å². The maximum atomic E-state index is 12.2. The van der Waals surface area contributed by atoms with Crippen LogP contribution in [0.3, 0.4) is 0 Å². The van der Waals surface area contributed by atoms with Gasteiger partial charge in [-0.25, -0.2) is 9.78 Å². The summed E-state index contributed by atoms with van der Waals surface area (Å²) in [5.74, 6) is 1.29. The van der Waals surface area contributed by atoms with E-state index in [9.17, 15) is 4.79 Å². The minimum absolute atomic E-state index is 0.00807. The Kier molecular flexibility index (Phi) is 4.81. The Hall–Kier alpha value is -3.22. The molecule has 7 nitrogen and oxygen atoms in total. The summed E-state index contributed by atoms with van der Waals surface area (Å²) < 4.78 is 5.23. The van der Waals surface area contributed by atoms with Gasteiger partial charge in [0.15, 0.2) is 0 Å². The van der Waals surface area contributed by atoms with E-state index in [1.165, 1.54) is 0 Å². The number of pyridine rings is 1. The van der Waals surface area contributed by atoms with Gasteiger partial charge in [0.1, 0.15) is 12.4 Å². The highest BCUT2D eigenvalue weighted by Crippen LogP contribution is 2.27. The number of nitrogens with zero attached hydrogens (tertiary/aromatic N) is 4. The standard InChI is InChI=1S/C21H23N5O2/c1-13(2)18-12-28-21(27)26(18)19-8-10-23-20(25-19)24-14(3)15-6-7-17-16(11-15)5-4-9-22-17/h4-11,13-14,18H,12H2,1-3H3,(H,23,24,25)/t14-,18?/m0/s1. The third-order valence-corrected chi connectivity index (χ3v) is 5.04. The van der Waals surface area contributed by atoms with Crippen molar-refractivity contribution in [2.45, 2.75) is 32.9 Å². The van der Waals surface area contributed by atoms with Crippen LogP contribution < -0.4 is 10.2 Å². The van der Waals surface area contributed by atoms with E-state index in [0.29, 0.717) is 18.4 Å². The third kappa shape index (κ3) is 3.47. The second-order valence-corrected chi connectivity index (χ2v) is 7.32. The van der Waals surface area contributed by atoms with Gasteiger partial charge in [-0.15, -0.1) is 0 Å². The highest BCUT2D eigenvalue weighted by molar-refractivity contribution is 5.89. The van der Waals surface area contributed by atoms with Crippen LogP contribution in [0.5, 0.6) is 0 Å². The molecule has 1 fully saturated rings. The Morgan fingerprint density at radius 3 is 2.82 bits per heavy atom. The van der Waals surface area contributed by atoms with Crippen molar-refractivity contribution in [3.05, 3.63) is 54.4 Å². The van der Waals surface area contributed by atoms with Crippen LogP contribution >= 0.6 is 0 Å². The van der Waals surface area contributed by atoms with E-state index in [4.69, 9.17) is 4.74 Å². The molecule has 1 unspecified atom stereocenters. The molecular formula is C21H23N5O2. The van der Waals surface area contributed by atoms with Crippen LogP contribution in [-0.2, 0) is 4.74 Å². The fourth-order valence-electron chi connectivity index (χ4n) is 3.38. The summed E-state index contributed by atoms with van der Waals surface area (Å²) in [7, 11) is 0. The zero-order valence-electron chi connectivity index (χ0n) is 16.2. The molecule has 3 aromatic rings. The highest BCUT2D eigenvalue weighted by Gasteiger charge is 2.37. The second kappa shape index (κ2) is 7.42. The Balaban J connectivity index is 1.56. The first-order valence-electron chi connectivity index (χ1n) is 9.43. The Labute approximate surface area is 163 Å². The molecule has 1 aliphatic rings. The summed E-state index contributed by atoms with van der Waals surface area (Å²) in [6.07, 6.45) is 3.08. The summed E-state index contributed by atoms with van der Waals surface area (Å²) >= 11 is 0. The van der Waals surface area contributed by atoms with E-state index in [2.05, 4.69) is 47.1 Å². The van der Waals surface area contributed by atoms with Gasteiger partial charge in [0, 0.05) is 17.8 Å². The van der Waals surface area contributed by atoms with Gasteiger partial charge in [0.25, 0.3) is 0 Å². The van der Waals surface area contributed by atoms with Gasteiger partial charge in [-0.3, -0.25) is 9.88 Å². The van der Waals surface area contributed by atoms with Gasteiger partial charge in [-0.1, -0.05) is 26.0 Å². The summed E-state index contributed by atoms with van der Waals surface area (Å²) in [4.78, 5) is 27.0. The summed E-state index contributed by atoms with van der Waals surface area (Å²) in [5.41, 5.74) is 2.07. The molecular weight excluding hydrogens is 354 g/mol. The van der Waals surface area contributed by atoms with Crippen molar-refractivity contribution in [1.29, 1.82) is 0 Å². The molecule has 1 N–H and O–H groups in total. The summed E-state index contributed by atoms with van der Waals surface area (Å²) in [6.45, 7) is 6.56. The quantitative estimate of drug-likeness (QED) is 0.718. The van der Waals surface area contributed by atoms with Crippen molar-refractivity contribution in [3.8, 4) is 0 Å². The third-order valence-electron chi connectivity index (χ3n) is 5.04. The van der Waals surface area contributed by atoms with Crippen molar-refractivity contribution >= 4 is 28.8 Å². The number of carbonyl (C=O) groups is 1. The zero-order chi connectivity index (χ0) is 19.7. The number of ether oxygens (including phenoxy) is 1. The molecule has 2 atom stereocenters. The smallest absolute Gasteiger partial charge is 0.415 e. The average molecular weight is 377 g/mol. The molecule has 0 spiro atoms. The van der Waals surface area contributed by atoms with Crippen LogP contribution in [0.25, 0.3) is 10.9 Å². The number of fused-ring (bicyclic) bond motifs is 1. The van der Waals surface area contributed by atoms with Gasteiger partial charge < -0.3 is 10.1 Å². The minimum atomic E-state index is -0.363. The molecule has 2 aromatic heterocycles. The molecule has 1 saturated heterocycles. The van der Waals surface area contributed by atoms with Crippen molar-refractivity contribution in [2.24, 2.45) is 5.92 Å². The lowest BCUT2D eigenvalue weighted by atomic mass is 10.0. The normalized spacial score (nSPS) is 17.8. The Bertz CT molecular complexity index is 1010. The second-order valence-electron chi connectivity index (χ2n) is 7.32. The minimum Gasteiger partial charge on any atom is -0.447 e. The van der Waals surface area contributed by atoms with E-state index in [1.54, 1.807) is 23.4 Å². The van der Waals surface area contributed by atoms with Crippen LogP contribution in [0.4, 0.5) is 16.6 Å². The number of aromatic nitrogens is 3. The van der Waals surface area contributed by atoms with Crippen LogP contribution in [0.15, 0.2) is 48.8 Å². The first-order chi connectivity index (χ1) is 13.5. The zero-order valence-corrected chi connectivity index (χ0v) is 16.2. The van der Waals surface area contributed by atoms with E-state index in [-0.39, 0.29) is 24.1 Å². The van der Waals surface area contributed by atoms with Crippen molar-refractivity contribution in [3.63, 3.8) is 0 Å². The molecule has 0 saturated carbocycles. The van der Waals surface area contributed by atoms with Crippen molar-refractivity contribution < 1.29 is 9.53 Å². The molecule has 144 valence electrons. The first kappa shape index (κ1) is 18.2. The molecule has 0 radical (unpaired) electrons. The van der Waals surface area contributed by atoms with Gasteiger partial charge in [-0.05, 0) is 42.7 Å². The molecule has 1 amide bonds. The maximum absolute atomic E-state index is 12.2. The molecule has 1 aliphatic heterocycles. The van der Waals surface area contributed by atoms with E-state index < -0.39 is 0 Å². The molecule has 4 rings (SSSR count). The van der Waals surface area contributed by atoms with Crippen LogP contribution in [0, 0.1) is 5.92 Å². The number of nitrogens with one attached hydrogen (secondary N) is 1. The fraction of sp³-hybridized carbons (Fsp3) is 0.333. The maximum Gasteiger partial charge on any atom is 0.415 e. The number of hydrogen-bond acceptors (Lipinski definition) is 6. The molecule has 0 aliphatic carbocycles. The van der Waals surface area contributed by atoms with Gasteiger partial charge in [0.2, 0.25) is 5.95 Å². The van der Waals surface area contributed by atoms with Gasteiger partial charge in [0.05, 0.1) is 17.6 Å². The molecule has 0 bridgehead atoms. The summed E-state index contributed by atoms with van der Waals surface area (Å²) in [5, 5.41) is 4.41. The number of cyclic esters (lactones) is 1. The number of benzene rings is 1. The van der Waals surface area contributed by atoms with Gasteiger partial charge in [-0.2, -0.15) is 4.98 Å². The lowest BCUT2D eigenvalue weighted by Crippen LogP contribution is -2.37. The summed E-state index contributed by atoms with van der Waals surface area (Å²) in [6, 6.07) is 11.8. The van der Waals surface area contributed by atoms with Crippen molar-refractivity contribution in [1.82, 2.24) is 15.0 Å². The lowest BCUT2D eigenvalue weighted by Gasteiger charge is -2.23. The van der Waals surface area contributed by atoms with Gasteiger partial charge >= 0.3 is 6.09 Å². The molecule has 3 heterocycles. The molecule has 28 heavy (non-hydrogen) atoms. The number of anilines is 2. The monoisotopic (exact) mass is 377 g/mol. The average Bonchev–Trinajstić information content (AvgIpc) is 3.09. The number of carbonyl (C=O) groups excluding carboxylic acids is 1. The predicted octanol–water partition coefficient (Wildman–Crippen LogP) is 4.18. The Morgan fingerprint density at radius 2 is 2.00 bits per heavy atom. The largest absolute Gasteiger partial charge is 0.447 e. The number of rotatable bonds is 5. The van der Waals surface area contributed by atoms with Crippen LogP contribution in [0.1, 0.15) is 32.4 Å². The molecule has 1 aromatic carbocycles. The Morgan fingerprint density at radius 1 is 1.14 bits per heavy atom. The fourth-order valence-corrected chi connectivity index (χ4v) is 3.38. The van der Waals surface area contributed by atoms with E-state index in [1.807, 2.05) is 24.3 Å². The number of hydrogen-bond donors (Lipinski definition) is 1. The van der Waals surface area contributed by atoms with E-state index in [0.717, 1.165) is 16.5 Å². The van der Waals surface area contributed by atoms with Crippen molar-refractivity contribution in [2.75, 3.05) is 16.8 Å². The van der Waals surface area contributed by atoms with E-state index >= 15 is 0 Å². The molecule has 7 heteroatoms. The first-order valence-corrected chi connectivity index (χ1v) is 9.43. The predicted molar refractivity (Wildman–Crippen MR) is 108 cm³/mol. The topological polar surface area (TPSA) is 80.2 Å². The SMILES string of the molecule is CC(C)C1COC(=O)N1c1ccnc(N[C@@H](C)c2ccc3ncccc3c2)n1. The van der Waals surface area contributed by atoms with Crippen LogP contribution in [-0.4, -0.2) is 33.7 Å².